The fraction of sp³-hybridized carbons (Fsp3) is 0.500. The van der Waals surface area contributed by atoms with E-state index in [0.29, 0.717) is 0 Å². The largest absolute Gasteiger partial charge is 0.328 e. The molecular formula is C12H17NO2. The van der Waals surface area contributed by atoms with Crippen LogP contribution in [0, 0.1) is 5.92 Å². The molecule has 0 radical (unpaired) electrons. The van der Waals surface area contributed by atoms with Crippen LogP contribution in [0.3, 0.4) is 0 Å². The Morgan fingerprint density at radius 2 is 2.20 bits per heavy atom. The second kappa shape index (κ2) is 5.49. The maximum absolute atomic E-state index is 12.0. The van der Waals surface area contributed by atoms with E-state index in [0.717, 1.165) is 19.3 Å². The van der Waals surface area contributed by atoms with Crippen LogP contribution in [0.1, 0.15) is 43.5 Å². The summed E-state index contributed by atoms with van der Waals surface area (Å²) in [6.07, 6.45) is 4.15. The van der Waals surface area contributed by atoms with Crippen molar-refractivity contribution in [3.8, 4) is 0 Å². The molecule has 15 heavy (non-hydrogen) atoms. The number of aromatic nitrogens is 1. The maximum atomic E-state index is 12.0. The van der Waals surface area contributed by atoms with Crippen molar-refractivity contribution in [2.75, 3.05) is 0 Å². The fourth-order valence-corrected chi connectivity index (χ4v) is 1.70. The molecule has 1 heterocycles. The summed E-state index contributed by atoms with van der Waals surface area (Å²) in [4.78, 5) is 25.9. The van der Waals surface area contributed by atoms with Gasteiger partial charge in [0.05, 0.1) is 5.56 Å². The van der Waals surface area contributed by atoms with Gasteiger partial charge in [-0.3, -0.25) is 9.59 Å². The molecular weight excluding hydrogens is 190 g/mol. The molecule has 0 aromatic carbocycles. The van der Waals surface area contributed by atoms with Gasteiger partial charge in [0.15, 0.2) is 5.78 Å². The Labute approximate surface area is 89.5 Å². The van der Waals surface area contributed by atoms with Crippen molar-refractivity contribution < 1.29 is 4.79 Å². The molecule has 0 fully saturated rings. The smallest absolute Gasteiger partial charge is 0.258 e. The summed E-state index contributed by atoms with van der Waals surface area (Å²) in [5.41, 5.74) is 0.00912. The average molecular weight is 207 g/mol. The molecule has 1 rings (SSSR count). The van der Waals surface area contributed by atoms with Crippen LogP contribution in [0.4, 0.5) is 0 Å². The van der Waals surface area contributed by atoms with Crippen LogP contribution in [-0.4, -0.2) is 10.8 Å². The minimum absolute atomic E-state index is 0.0153. The van der Waals surface area contributed by atoms with Gasteiger partial charge in [-0.25, -0.2) is 0 Å². The first kappa shape index (κ1) is 11.7. The number of hydrogen-bond donors (Lipinski definition) is 1. The number of pyridine rings is 1. The highest BCUT2D eigenvalue weighted by atomic mass is 16.1. The quantitative estimate of drug-likeness (QED) is 0.753. The number of carbonyl (C=O) groups excluding carboxylic acids is 1. The highest BCUT2D eigenvalue weighted by Crippen LogP contribution is 2.15. The highest BCUT2D eigenvalue weighted by molar-refractivity contribution is 5.97. The van der Waals surface area contributed by atoms with E-state index < -0.39 is 0 Å². The lowest BCUT2D eigenvalue weighted by Crippen LogP contribution is -2.22. The van der Waals surface area contributed by atoms with Crippen LogP contribution in [0.5, 0.6) is 0 Å². The Morgan fingerprint density at radius 1 is 1.47 bits per heavy atom. The SMILES string of the molecule is CCCC(CC)C(=O)c1ccc[nH]c1=O. The van der Waals surface area contributed by atoms with E-state index in [4.69, 9.17) is 0 Å². The summed E-state index contributed by atoms with van der Waals surface area (Å²) < 4.78 is 0. The lowest BCUT2D eigenvalue weighted by atomic mass is 9.92. The number of nitrogens with one attached hydrogen (secondary N) is 1. The molecule has 1 atom stereocenters. The molecule has 1 unspecified atom stereocenters. The van der Waals surface area contributed by atoms with Crippen LogP contribution in [0.15, 0.2) is 23.1 Å². The van der Waals surface area contributed by atoms with E-state index in [1.165, 1.54) is 0 Å². The zero-order valence-corrected chi connectivity index (χ0v) is 9.25. The molecule has 0 amide bonds. The standard InChI is InChI=1S/C12H17NO2/c1-3-6-9(4-2)11(14)10-7-5-8-13-12(10)15/h5,7-9H,3-4,6H2,1-2H3,(H,13,15). The van der Waals surface area contributed by atoms with Crippen molar-refractivity contribution in [1.82, 2.24) is 4.98 Å². The summed E-state index contributed by atoms with van der Waals surface area (Å²) >= 11 is 0. The summed E-state index contributed by atoms with van der Waals surface area (Å²) in [6.45, 7) is 4.03. The van der Waals surface area contributed by atoms with E-state index in [-0.39, 0.29) is 22.8 Å². The molecule has 0 saturated heterocycles. The van der Waals surface area contributed by atoms with Gasteiger partial charge in [0.25, 0.3) is 5.56 Å². The minimum atomic E-state index is -0.281. The van der Waals surface area contributed by atoms with Crippen molar-refractivity contribution >= 4 is 5.78 Å². The number of hydrogen-bond acceptors (Lipinski definition) is 2. The Hall–Kier alpha value is -1.38. The molecule has 0 aliphatic rings. The number of rotatable bonds is 5. The average Bonchev–Trinajstić information content (AvgIpc) is 2.25. The van der Waals surface area contributed by atoms with Gasteiger partial charge >= 0.3 is 0 Å². The van der Waals surface area contributed by atoms with Gasteiger partial charge in [0, 0.05) is 12.1 Å². The minimum Gasteiger partial charge on any atom is -0.328 e. The number of H-pyrrole nitrogens is 1. The Kier molecular flexibility index (Phi) is 4.28. The predicted octanol–water partition coefficient (Wildman–Crippen LogP) is 2.38. The van der Waals surface area contributed by atoms with Crippen molar-refractivity contribution in [2.24, 2.45) is 5.92 Å². The van der Waals surface area contributed by atoms with Crippen LogP contribution < -0.4 is 5.56 Å². The molecule has 0 aliphatic heterocycles. The highest BCUT2D eigenvalue weighted by Gasteiger charge is 2.19. The lowest BCUT2D eigenvalue weighted by molar-refractivity contribution is 0.0907. The van der Waals surface area contributed by atoms with Crippen molar-refractivity contribution in [3.05, 3.63) is 34.2 Å². The van der Waals surface area contributed by atoms with Gasteiger partial charge in [-0.1, -0.05) is 20.3 Å². The second-order valence-corrected chi connectivity index (χ2v) is 3.67. The zero-order valence-electron chi connectivity index (χ0n) is 9.25. The van der Waals surface area contributed by atoms with Gasteiger partial charge in [-0.15, -0.1) is 0 Å². The Bertz CT molecular complexity index is 381. The maximum Gasteiger partial charge on any atom is 0.258 e. The van der Waals surface area contributed by atoms with E-state index in [2.05, 4.69) is 4.98 Å². The number of carbonyl (C=O) groups is 1. The Balaban J connectivity index is 2.93. The van der Waals surface area contributed by atoms with Gasteiger partial charge in [-0.2, -0.15) is 0 Å². The zero-order chi connectivity index (χ0) is 11.3. The molecule has 3 heteroatoms. The molecule has 82 valence electrons. The van der Waals surface area contributed by atoms with E-state index >= 15 is 0 Å². The molecule has 1 aromatic heterocycles. The third kappa shape index (κ3) is 2.78. The fourth-order valence-electron chi connectivity index (χ4n) is 1.70. The van der Waals surface area contributed by atoms with E-state index in [1.54, 1.807) is 18.3 Å². The second-order valence-electron chi connectivity index (χ2n) is 3.67. The van der Waals surface area contributed by atoms with Gasteiger partial charge in [0.2, 0.25) is 0 Å². The molecule has 3 nitrogen and oxygen atoms in total. The monoisotopic (exact) mass is 207 g/mol. The van der Waals surface area contributed by atoms with Crippen LogP contribution in [0.2, 0.25) is 0 Å². The van der Waals surface area contributed by atoms with E-state index in [1.807, 2.05) is 13.8 Å². The lowest BCUT2D eigenvalue weighted by Gasteiger charge is -2.11. The topological polar surface area (TPSA) is 49.9 Å². The molecule has 1 N–H and O–H groups in total. The molecule has 0 spiro atoms. The van der Waals surface area contributed by atoms with Crippen LogP contribution >= 0.6 is 0 Å². The summed E-state index contributed by atoms with van der Waals surface area (Å²) in [5, 5.41) is 0. The summed E-state index contributed by atoms with van der Waals surface area (Å²) in [7, 11) is 0. The van der Waals surface area contributed by atoms with Crippen LogP contribution in [0.25, 0.3) is 0 Å². The third-order valence-corrected chi connectivity index (χ3v) is 2.58. The van der Waals surface area contributed by atoms with Gasteiger partial charge in [0.1, 0.15) is 0 Å². The number of Topliss-reactive ketones (excluding diaryl/α,β-unsaturated/α-hetero) is 1. The summed E-state index contributed by atoms with van der Waals surface area (Å²) in [6, 6.07) is 3.28. The Morgan fingerprint density at radius 3 is 2.73 bits per heavy atom. The number of aromatic amines is 1. The van der Waals surface area contributed by atoms with E-state index in [9.17, 15) is 9.59 Å². The normalized spacial score (nSPS) is 12.4. The van der Waals surface area contributed by atoms with Crippen molar-refractivity contribution in [3.63, 3.8) is 0 Å². The first-order chi connectivity index (χ1) is 7.20. The molecule has 0 saturated carbocycles. The van der Waals surface area contributed by atoms with Gasteiger partial charge in [-0.05, 0) is 25.0 Å². The predicted molar refractivity (Wildman–Crippen MR) is 60.1 cm³/mol. The first-order valence-electron chi connectivity index (χ1n) is 5.42. The van der Waals surface area contributed by atoms with Crippen LogP contribution in [-0.2, 0) is 0 Å². The van der Waals surface area contributed by atoms with Crippen molar-refractivity contribution in [2.45, 2.75) is 33.1 Å². The molecule has 1 aromatic rings. The molecule has 0 aliphatic carbocycles. The van der Waals surface area contributed by atoms with Crippen molar-refractivity contribution in [1.29, 1.82) is 0 Å². The summed E-state index contributed by atoms with van der Waals surface area (Å²) in [5.74, 6) is -0.0419. The van der Waals surface area contributed by atoms with Gasteiger partial charge < -0.3 is 4.98 Å². The number of ketones is 1. The molecule has 0 bridgehead atoms. The third-order valence-electron chi connectivity index (χ3n) is 2.58. The first-order valence-corrected chi connectivity index (χ1v) is 5.42.